The van der Waals surface area contributed by atoms with Crippen LogP contribution in [0.25, 0.3) is 0 Å². The van der Waals surface area contributed by atoms with E-state index < -0.39 is 16.0 Å². The molecule has 1 aliphatic rings. The van der Waals surface area contributed by atoms with Crippen molar-refractivity contribution in [2.45, 2.75) is 36.0 Å². The van der Waals surface area contributed by atoms with Crippen LogP contribution in [0.15, 0.2) is 34.1 Å². The number of carboxylic acid groups (broad SMARTS) is 1. The summed E-state index contributed by atoms with van der Waals surface area (Å²) < 4.78 is 26.8. The number of nitrogens with one attached hydrogen (secondary N) is 1. The fourth-order valence-electron chi connectivity index (χ4n) is 2.16. The summed E-state index contributed by atoms with van der Waals surface area (Å²) in [7, 11) is -3.50. The van der Waals surface area contributed by atoms with Gasteiger partial charge in [-0.3, -0.25) is 4.79 Å². The lowest BCUT2D eigenvalue weighted by Gasteiger charge is -2.14. The summed E-state index contributed by atoms with van der Waals surface area (Å²) in [4.78, 5) is 11.8. The monoisotopic (exact) mass is 329 g/mol. The highest BCUT2D eigenvalue weighted by molar-refractivity contribution is 8.00. The Bertz CT molecular complexity index is 624. The maximum absolute atomic E-state index is 12.2. The van der Waals surface area contributed by atoms with E-state index in [1.807, 2.05) is 0 Å². The lowest BCUT2D eigenvalue weighted by Crippen LogP contribution is -2.23. The van der Waals surface area contributed by atoms with Crippen LogP contribution in [0.4, 0.5) is 0 Å². The zero-order valence-electron chi connectivity index (χ0n) is 11.8. The normalized spacial score (nSPS) is 16.6. The van der Waals surface area contributed by atoms with Gasteiger partial charge in [-0.05, 0) is 30.4 Å². The summed E-state index contributed by atoms with van der Waals surface area (Å²) in [5.41, 5.74) is -0.161. The van der Waals surface area contributed by atoms with Crippen LogP contribution >= 0.6 is 11.8 Å². The average molecular weight is 329 g/mol. The molecule has 1 saturated carbocycles. The molecule has 2 rings (SSSR count). The van der Waals surface area contributed by atoms with E-state index in [1.54, 1.807) is 31.2 Å². The first-order chi connectivity index (χ1) is 9.88. The summed E-state index contributed by atoms with van der Waals surface area (Å²) in [6, 6.07) is 6.84. The van der Waals surface area contributed by atoms with Gasteiger partial charge in [0.15, 0.2) is 0 Å². The first-order valence-electron chi connectivity index (χ1n) is 6.82. The molecule has 7 heteroatoms. The summed E-state index contributed by atoms with van der Waals surface area (Å²) in [5, 5.41) is 8.92. The molecular formula is C14H19NO4S2. The molecule has 0 radical (unpaired) electrons. The van der Waals surface area contributed by atoms with E-state index in [1.165, 1.54) is 11.8 Å². The number of benzene rings is 1. The smallest absolute Gasteiger partial charge is 0.303 e. The molecule has 0 unspecified atom stereocenters. The zero-order valence-corrected chi connectivity index (χ0v) is 13.5. The minimum absolute atomic E-state index is 0.155. The maximum atomic E-state index is 12.2. The van der Waals surface area contributed by atoms with Gasteiger partial charge >= 0.3 is 5.97 Å². The molecule has 0 spiro atoms. The first-order valence-corrected chi connectivity index (χ1v) is 9.29. The number of carbonyl (C=O) groups is 1. The second-order valence-electron chi connectivity index (χ2n) is 5.31. The van der Waals surface area contributed by atoms with Crippen LogP contribution in [0.3, 0.4) is 0 Å². The number of hydrogen-bond donors (Lipinski definition) is 2. The van der Waals surface area contributed by atoms with Crippen molar-refractivity contribution in [3.8, 4) is 0 Å². The minimum Gasteiger partial charge on any atom is -0.481 e. The lowest BCUT2D eigenvalue weighted by molar-refractivity contribution is -0.138. The van der Waals surface area contributed by atoms with E-state index in [9.17, 15) is 13.2 Å². The minimum atomic E-state index is -3.50. The topological polar surface area (TPSA) is 83.5 Å². The average Bonchev–Trinajstić information content (AvgIpc) is 3.16. The van der Waals surface area contributed by atoms with Gasteiger partial charge in [0.05, 0.1) is 11.3 Å². The lowest BCUT2D eigenvalue weighted by atomic mass is 10.1. The molecule has 21 heavy (non-hydrogen) atoms. The largest absolute Gasteiger partial charge is 0.481 e. The molecule has 1 aliphatic carbocycles. The van der Waals surface area contributed by atoms with Gasteiger partial charge < -0.3 is 5.11 Å². The molecule has 0 aliphatic heterocycles. The molecule has 5 nitrogen and oxygen atoms in total. The Labute approximate surface area is 129 Å². The third-order valence-corrected chi connectivity index (χ3v) is 6.65. The quantitative estimate of drug-likeness (QED) is 0.715. The van der Waals surface area contributed by atoms with Gasteiger partial charge in [0.2, 0.25) is 10.0 Å². The van der Waals surface area contributed by atoms with Crippen LogP contribution in [0.1, 0.15) is 26.2 Å². The van der Waals surface area contributed by atoms with Crippen molar-refractivity contribution in [2.24, 2.45) is 5.41 Å². The molecule has 0 heterocycles. The second-order valence-corrected chi connectivity index (χ2v) is 8.06. The highest BCUT2D eigenvalue weighted by atomic mass is 32.2. The van der Waals surface area contributed by atoms with E-state index in [0.29, 0.717) is 17.2 Å². The molecule has 0 aromatic heterocycles. The van der Waals surface area contributed by atoms with Gasteiger partial charge in [0.1, 0.15) is 0 Å². The third-order valence-electron chi connectivity index (χ3n) is 3.49. The second kappa shape index (κ2) is 6.37. The molecule has 116 valence electrons. The summed E-state index contributed by atoms with van der Waals surface area (Å²) in [6.07, 6.45) is 1.95. The third kappa shape index (κ3) is 4.21. The highest BCUT2D eigenvalue weighted by Gasteiger charge is 2.44. The van der Waals surface area contributed by atoms with Crippen LogP contribution < -0.4 is 4.72 Å². The van der Waals surface area contributed by atoms with Gasteiger partial charge in [-0.2, -0.15) is 0 Å². The van der Waals surface area contributed by atoms with Gasteiger partial charge in [-0.1, -0.05) is 19.1 Å². The van der Waals surface area contributed by atoms with Crippen LogP contribution in [0, 0.1) is 5.41 Å². The molecule has 1 aromatic carbocycles. The standard InChI is InChI=1S/C14H19NO4S2/c1-2-15-21(18,19)12-6-4-3-5-11(12)20-10-14(7-8-14)9-13(16)17/h3-6,15H,2,7-10H2,1H3,(H,16,17). The van der Waals surface area contributed by atoms with E-state index in [2.05, 4.69) is 4.72 Å². The van der Waals surface area contributed by atoms with E-state index >= 15 is 0 Å². The van der Waals surface area contributed by atoms with Gasteiger partial charge in [-0.15, -0.1) is 11.8 Å². The maximum Gasteiger partial charge on any atom is 0.303 e. The highest BCUT2D eigenvalue weighted by Crippen LogP contribution is 2.52. The molecule has 0 amide bonds. The van der Waals surface area contributed by atoms with Gasteiger partial charge in [0, 0.05) is 17.2 Å². The van der Waals surface area contributed by atoms with Crippen molar-refractivity contribution in [1.82, 2.24) is 4.72 Å². The van der Waals surface area contributed by atoms with Crippen LogP contribution in [0.5, 0.6) is 0 Å². The van der Waals surface area contributed by atoms with Crippen LogP contribution in [0.2, 0.25) is 0 Å². The molecular weight excluding hydrogens is 310 g/mol. The number of sulfonamides is 1. The Morgan fingerprint density at radius 1 is 1.38 bits per heavy atom. The Balaban J connectivity index is 2.13. The number of carboxylic acids is 1. The van der Waals surface area contributed by atoms with Crippen molar-refractivity contribution >= 4 is 27.8 Å². The molecule has 0 saturated heterocycles. The number of rotatable bonds is 8. The summed E-state index contributed by atoms with van der Waals surface area (Å²) >= 11 is 1.43. The fourth-order valence-corrected chi connectivity index (χ4v) is 5.03. The number of hydrogen-bond acceptors (Lipinski definition) is 4. The van der Waals surface area contributed by atoms with E-state index in [-0.39, 0.29) is 16.7 Å². The van der Waals surface area contributed by atoms with Crippen molar-refractivity contribution in [2.75, 3.05) is 12.3 Å². The van der Waals surface area contributed by atoms with Crippen molar-refractivity contribution < 1.29 is 18.3 Å². The van der Waals surface area contributed by atoms with Gasteiger partial charge in [0.25, 0.3) is 0 Å². The molecule has 0 atom stereocenters. The summed E-state index contributed by atoms with van der Waals surface area (Å²) in [5.74, 6) is -0.153. The fraction of sp³-hybridized carbons (Fsp3) is 0.500. The van der Waals surface area contributed by atoms with Crippen molar-refractivity contribution in [3.63, 3.8) is 0 Å². The Kier molecular flexibility index (Phi) is 4.95. The number of thioether (sulfide) groups is 1. The zero-order chi connectivity index (χ0) is 15.5. The van der Waals surface area contributed by atoms with Gasteiger partial charge in [-0.25, -0.2) is 13.1 Å². The Morgan fingerprint density at radius 3 is 2.62 bits per heavy atom. The van der Waals surface area contributed by atoms with Crippen LogP contribution in [-0.4, -0.2) is 31.8 Å². The van der Waals surface area contributed by atoms with Crippen molar-refractivity contribution in [1.29, 1.82) is 0 Å². The van der Waals surface area contributed by atoms with Crippen LogP contribution in [-0.2, 0) is 14.8 Å². The Morgan fingerprint density at radius 2 is 2.05 bits per heavy atom. The predicted molar refractivity (Wildman–Crippen MR) is 81.9 cm³/mol. The molecule has 2 N–H and O–H groups in total. The first kappa shape index (κ1) is 16.3. The molecule has 1 aromatic rings. The molecule has 1 fully saturated rings. The van der Waals surface area contributed by atoms with E-state index in [4.69, 9.17) is 5.11 Å². The Hall–Kier alpha value is -1.05. The summed E-state index contributed by atoms with van der Waals surface area (Å²) in [6.45, 7) is 2.07. The predicted octanol–water partition coefficient (Wildman–Crippen LogP) is 2.33. The SMILES string of the molecule is CCNS(=O)(=O)c1ccccc1SCC1(CC(=O)O)CC1. The van der Waals surface area contributed by atoms with E-state index in [0.717, 1.165) is 12.8 Å². The molecule has 0 bridgehead atoms. The number of aliphatic carboxylic acids is 1. The van der Waals surface area contributed by atoms with Crippen molar-refractivity contribution in [3.05, 3.63) is 24.3 Å².